The molecular weight excluding hydrogens is 644 g/mol. The first kappa shape index (κ1) is 38.5. The fraction of sp³-hybridized carbons (Fsp3) is 0.857. The molecule has 1 amide bonds. The Morgan fingerprint density at radius 1 is 0.922 bits per heavy atom. The van der Waals surface area contributed by atoms with Crippen LogP contribution < -0.4 is 0 Å². The number of carbonyl (C=O) groups is 4. The lowest BCUT2D eigenvalue weighted by molar-refractivity contribution is -0.235. The molecule has 0 bridgehead atoms. The summed E-state index contributed by atoms with van der Waals surface area (Å²) in [6, 6.07) is 0. The van der Waals surface area contributed by atoms with Crippen molar-refractivity contribution in [3.8, 4) is 0 Å². The van der Waals surface area contributed by atoms with Gasteiger partial charge in [0.2, 0.25) is 6.41 Å². The van der Waals surface area contributed by atoms with E-state index >= 15 is 0 Å². The Balaban J connectivity index is 1.27. The first-order chi connectivity index (χ1) is 23.7. The van der Waals surface area contributed by atoms with E-state index < -0.39 is 28.9 Å². The fourth-order valence-corrected chi connectivity index (χ4v) is 13.4. The molecule has 9 nitrogen and oxygen atoms in total. The van der Waals surface area contributed by atoms with E-state index in [0.717, 1.165) is 76.4 Å². The van der Waals surface area contributed by atoms with Crippen LogP contribution in [0, 0.1) is 56.2 Å². The number of ether oxygens (including phenoxy) is 1. The van der Waals surface area contributed by atoms with Crippen molar-refractivity contribution in [1.29, 1.82) is 0 Å². The highest BCUT2D eigenvalue weighted by Gasteiger charge is 2.71. The smallest absolute Gasteiger partial charge is 0.309 e. The van der Waals surface area contributed by atoms with Gasteiger partial charge in [0.1, 0.15) is 6.10 Å². The van der Waals surface area contributed by atoms with Gasteiger partial charge in [0.25, 0.3) is 0 Å². The van der Waals surface area contributed by atoms with Crippen LogP contribution in [0.15, 0.2) is 11.1 Å². The number of carboxylic acid groups (broad SMARTS) is 1. The number of allylic oxidation sites excluding steroid dienone is 1. The maximum atomic E-state index is 14.0. The molecule has 0 aromatic rings. The van der Waals surface area contributed by atoms with Gasteiger partial charge in [0, 0.05) is 50.0 Å². The van der Waals surface area contributed by atoms with Gasteiger partial charge in [0.05, 0.1) is 17.9 Å². The number of aliphatic carboxylic acids is 1. The van der Waals surface area contributed by atoms with Crippen LogP contribution in [0.5, 0.6) is 0 Å². The van der Waals surface area contributed by atoms with E-state index in [1.807, 2.05) is 0 Å². The molecule has 9 atom stereocenters. The number of ketones is 1. The largest absolute Gasteiger partial charge is 0.481 e. The number of aliphatic hydroxyl groups is 1. The fourth-order valence-electron chi connectivity index (χ4n) is 13.4. The molecule has 1 heterocycles. The van der Waals surface area contributed by atoms with E-state index in [1.54, 1.807) is 18.7 Å². The number of β-amino-alcohol motifs (C(OH)–C–C–N with tert-alkyl or cyclic N) is 1. The van der Waals surface area contributed by atoms with E-state index in [4.69, 9.17) is 4.74 Å². The van der Waals surface area contributed by atoms with E-state index in [9.17, 15) is 29.4 Å². The SMILES string of the molecule is CC(C)C1=C2[C@H]3CC[C@@H]4[C@@]5(C)CC[C@H](OC(=O)CC(C)(C)C(=O)O)C(C)(C)[C@@H]5CC[C@@]4(C)[C@]3(C)CC[C@@]2([C@H](O)CN2CCN(C=O)CC2)CC1=O. The summed E-state index contributed by atoms with van der Waals surface area (Å²) >= 11 is 0. The zero-order chi connectivity index (χ0) is 37.5. The van der Waals surface area contributed by atoms with Crippen LogP contribution in [0.25, 0.3) is 0 Å². The number of piperazine rings is 1. The van der Waals surface area contributed by atoms with Gasteiger partial charge in [-0.3, -0.25) is 24.1 Å². The number of hydrogen-bond acceptors (Lipinski definition) is 7. The molecule has 5 aliphatic carbocycles. The molecule has 0 spiro atoms. The number of amides is 1. The number of nitrogens with zero attached hydrogens (tertiary/aromatic N) is 2. The van der Waals surface area contributed by atoms with Gasteiger partial charge < -0.3 is 19.8 Å². The van der Waals surface area contributed by atoms with Crippen molar-refractivity contribution in [3.63, 3.8) is 0 Å². The van der Waals surface area contributed by atoms with Gasteiger partial charge in [-0.05, 0) is 111 Å². The van der Waals surface area contributed by atoms with Gasteiger partial charge in [-0.25, -0.2) is 0 Å². The lowest BCUT2D eigenvalue weighted by atomic mass is 9.33. The van der Waals surface area contributed by atoms with E-state index in [1.165, 1.54) is 5.57 Å². The third kappa shape index (κ3) is 5.84. The van der Waals surface area contributed by atoms with Crippen LogP contribution in [0.4, 0.5) is 0 Å². The molecule has 4 saturated carbocycles. The minimum atomic E-state index is -1.17. The summed E-state index contributed by atoms with van der Waals surface area (Å²) in [6.07, 6.45) is 8.11. The summed E-state index contributed by atoms with van der Waals surface area (Å²) in [5, 5.41) is 21.9. The van der Waals surface area contributed by atoms with Crippen molar-refractivity contribution >= 4 is 24.1 Å². The topological polar surface area (TPSA) is 124 Å². The molecule has 6 aliphatic rings. The van der Waals surface area contributed by atoms with Gasteiger partial charge in [-0.2, -0.15) is 0 Å². The van der Waals surface area contributed by atoms with Gasteiger partial charge >= 0.3 is 11.9 Å². The van der Waals surface area contributed by atoms with Crippen molar-refractivity contribution in [1.82, 2.24) is 9.80 Å². The monoisotopic (exact) mass is 710 g/mol. The quantitative estimate of drug-likeness (QED) is 0.205. The average Bonchev–Trinajstić information content (AvgIpc) is 3.36. The molecular formula is C42H66N2O7. The third-order valence-corrected chi connectivity index (χ3v) is 16.5. The van der Waals surface area contributed by atoms with Crippen LogP contribution in [0.3, 0.4) is 0 Å². The summed E-state index contributed by atoms with van der Waals surface area (Å²) in [7, 11) is 0. The second-order valence-corrected chi connectivity index (χ2v) is 20.0. The molecule has 6 rings (SSSR count). The summed E-state index contributed by atoms with van der Waals surface area (Å²) in [4.78, 5) is 54.3. The second-order valence-electron chi connectivity index (χ2n) is 20.0. The molecule has 51 heavy (non-hydrogen) atoms. The summed E-state index contributed by atoms with van der Waals surface area (Å²) in [5.74, 6) is 0.0308. The Labute approximate surface area is 306 Å². The number of fused-ring (bicyclic) bond motifs is 7. The van der Waals surface area contributed by atoms with Crippen molar-refractivity contribution in [2.45, 2.75) is 139 Å². The number of esters is 1. The zero-order valence-corrected chi connectivity index (χ0v) is 33.0. The molecule has 5 fully saturated rings. The standard InChI is InChI=1S/C42H66N2O7/c1-26(2)34-28(46)22-42(31(47)24-43-18-20-44(25-45)21-19-43)17-16-40(8)27(35(34)42)10-11-30-39(7)14-13-32(51-33(48)23-37(3,4)36(49)50)38(5,6)29(39)12-15-41(30,40)9/h25-27,29-32,47H,10-24H2,1-9H3,(H,49,50)/t27-,29+,30-,31-,32+,39+,40-,41-,42+/m1/s1. The Kier molecular flexibility index (Phi) is 9.77. The highest BCUT2D eigenvalue weighted by atomic mass is 16.5. The lowest BCUT2D eigenvalue weighted by Crippen LogP contribution is -2.66. The third-order valence-electron chi connectivity index (χ3n) is 16.5. The number of aliphatic hydroxyl groups excluding tert-OH is 1. The molecule has 1 saturated heterocycles. The minimum Gasteiger partial charge on any atom is -0.481 e. The van der Waals surface area contributed by atoms with Crippen LogP contribution in [-0.4, -0.2) is 89.1 Å². The Bertz CT molecular complexity index is 1460. The summed E-state index contributed by atoms with van der Waals surface area (Å²) < 4.78 is 6.16. The molecule has 286 valence electrons. The minimum absolute atomic E-state index is 0.0152. The first-order valence-electron chi connectivity index (χ1n) is 20.0. The molecule has 1 aliphatic heterocycles. The average molecular weight is 711 g/mol. The summed E-state index contributed by atoms with van der Waals surface area (Å²) in [5.41, 5.74) is 0.449. The van der Waals surface area contributed by atoms with Crippen LogP contribution in [-0.2, 0) is 23.9 Å². The van der Waals surface area contributed by atoms with E-state index in [2.05, 4.69) is 53.4 Å². The number of carbonyl (C=O) groups excluding carboxylic acids is 3. The predicted molar refractivity (Wildman–Crippen MR) is 195 cm³/mol. The molecule has 0 radical (unpaired) electrons. The highest BCUT2D eigenvalue weighted by Crippen LogP contribution is 2.77. The maximum absolute atomic E-state index is 14.0. The molecule has 0 aromatic carbocycles. The molecule has 0 aromatic heterocycles. The van der Waals surface area contributed by atoms with Gasteiger partial charge in [0.15, 0.2) is 5.78 Å². The van der Waals surface area contributed by atoms with Crippen molar-refractivity contribution in [2.24, 2.45) is 56.2 Å². The van der Waals surface area contributed by atoms with Gasteiger partial charge in [-0.15, -0.1) is 0 Å². The number of rotatable bonds is 9. The summed E-state index contributed by atoms with van der Waals surface area (Å²) in [6.45, 7) is 23.0. The maximum Gasteiger partial charge on any atom is 0.309 e. The first-order valence-corrected chi connectivity index (χ1v) is 20.0. The van der Waals surface area contributed by atoms with Crippen LogP contribution >= 0.6 is 0 Å². The Hall–Kier alpha value is -2.26. The lowest BCUT2D eigenvalue weighted by Gasteiger charge is -2.72. The Morgan fingerprint density at radius 3 is 2.20 bits per heavy atom. The highest BCUT2D eigenvalue weighted by molar-refractivity contribution is 6.00. The van der Waals surface area contributed by atoms with Gasteiger partial charge in [-0.1, -0.05) is 54.0 Å². The predicted octanol–water partition coefficient (Wildman–Crippen LogP) is 6.51. The van der Waals surface area contributed by atoms with E-state index in [0.29, 0.717) is 37.9 Å². The number of Topliss-reactive ketones (excluding diaryl/α,β-unsaturated/α-hetero) is 1. The molecule has 2 N–H and O–H groups in total. The van der Waals surface area contributed by atoms with Crippen LogP contribution in [0.1, 0.15) is 127 Å². The normalized spacial score (nSPS) is 40.2. The number of hydrogen-bond donors (Lipinski definition) is 2. The second kappa shape index (κ2) is 13.0. The van der Waals surface area contributed by atoms with Crippen molar-refractivity contribution in [2.75, 3.05) is 32.7 Å². The zero-order valence-electron chi connectivity index (χ0n) is 33.0. The Morgan fingerprint density at radius 2 is 1.59 bits per heavy atom. The van der Waals surface area contributed by atoms with Crippen LogP contribution in [0.2, 0.25) is 0 Å². The number of carboxylic acids is 1. The van der Waals surface area contributed by atoms with Crippen molar-refractivity contribution in [3.05, 3.63) is 11.1 Å². The molecule has 0 unspecified atom stereocenters. The van der Waals surface area contributed by atoms with Crippen molar-refractivity contribution < 1.29 is 34.1 Å². The molecule has 9 heteroatoms. The van der Waals surface area contributed by atoms with E-state index in [-0.39, 0.29) is 51.8 Å².